The van der Waals surface area contributed by atoms with Crippen molar-refractivity contribution in [2.45, 2.75) is 0 Å². The molecule has 0 saturated heterocycles. The van der Waals surface area contributed by atoms with Gasteiger partial charge in [0, 0.05) is 5.12 Å². The summed E-state index contributed by atoms with van der Waals surface area (Å²) in [4.78, 5) is 0. The summed E-state index contributed by atoms with van der Waals surface area (Å²) < 4.78 is 5.17. The van der Waals surface area contributed by atoms with Gasteiger partial charge in [-0.3, -0.25) is 0 Å². The highest BCUT2D eigenvalue weighted by molar-refractivity contribution is 7.39. The van der Waals surface area contributed by atoms with Gasteiger partial charge in [0.2, 0.25) is 0 Å². The van der Waals surface area contributed by atoms with Crippen molar-refractivity contribution in [2.75, 3.05) is 7.11 Å². The van der Waals surface area contributed by atoms with Gasteiger partial charge in [-0.15, -0.1) is 0 Å². The van der Waals surface area contributed by atoms with E-state index in [1.807, 2.05) is 0 Å². The first kappa shape index (κ1) is 6.75. The van der Waals surface area contributed by atoms with Gasteiger partial charge in [-0.2, -0.15) is 0 Å². The Bertz CT molecular complexity index is 331. The van der Waals surface area contributed by atoms with Crippen LogP contribution in [0, 0.1) is 0 Å². The van der Waals surface area contributed by atoms with Gasteiger partial charge in [0.05, 0.1) is 7.11 Å². The molecule has 0 aliphatic heterocycles. The Morgan fingerprint density at radius 1 is 1.27 bits per heavy atom. The molecule has 0 aliphatic carbocycles. The largest absolute Gasteiger partial charge is 0.493 e. The van der Waals surface area contributed by atoms with Crippen LogP contribution in [0.4, 0.5) is 0 Å². The van der Waals surface area contributed by atoms with E-state index in [4.69, 9.17) is 4.74 Å². The monoisotopic (exact) mass is 164 g/mol. The van der Waals surface area contributed by atoms with E-state index < -0.39 is 0 Å². The number of benzene rings is 1. The molecule has 0 N–H and O–H groups in total. The van der Waals surface area contributed by atoms with Crippen LogP contribution in [0.2, 0.25) is 0 Å². The number of ether oxygens (including phenoxy) is 1. The molecule has 1 nitrogen and oxygen atoms in total. The van der Waals surface area contributed by atoms with Crippen LogP contribution in [-0.2, 0) is 0 Å². The zero-order valence-electron chi connectivity index (χ0n) is 6.29. The first-order valence-electron chi connectivity index (χ1n) is 3.52. The number of hydrogen-bond acceptors (Lipinski definition) is 1. The van der Waals surface area contributed by atoms with Gasteiger partial charge in [0.1, 0.15) is 5.48 Å². The fourth-order valence-corrected chi connectivity index (χ4v) is 2.23. The van der Waals surface area contributed by atoms with Gasteiger partial charge < -0.3 is 4.74 Å². The van der Waals surface area contributed by atoms with Gasteiger partial charge in [0.15, 0.2) is 0 Å². The molecule has 0 spiro atoms. The van der Waals surface area contributed by atoms with Crippen molar-refractivity contribution < 1.29 is 4.74 Å². The van der Waals surface area contributed by atoms with Gasteiger partial charge in [0.25, 0.3) is 0 Å². The molecule has 1 atom stereocenters. The molecule has 0 radical (unpaired) electrons. The molecule has 2 aromatic rings. The molecule has 1 unspecified atom stereocenters. The van der Waals surface area contributed by atoms with Crippen LogP contribution in [-0.4, -0.2) is 7.11 Å². The lowest BCUT2D eigenvalue weighted by Crippen LogP contribution is -1.72. The average molecular weight is 164 g/mol. The Balaban J connectivity index is 2.69. The van der Waals surface area contributed by atoms with E-state index in [0.717, 1.165) is 5.48 Å². The standard InChI is InChI=1S/C9H9OP/c1-10-9-6-7-4-2-3-5-8(7)11-9/h2-6,11H,1H3. The second kappa shape index (κ2) is 2.60. The van der Waals surface area contributed by atoms with Gasteiger partial charge in [-0.1, -0.05) is 32.5 Å². The maximum atomic E-state index is 5.17. The Hall–Kier alpha value is -0.940. The summed E-state index contributed by atoms with van der Waals surface area (Å²) in [7, 11) is 2.44. The van der Waals surface area contributed by atoms with Crippen LogP contribution in [0.15, 0.2) is 30.3 Å². The smallest absolute Gasteiger partial charge is 0.135 e. The van der Waals surface area contributed by atoms with Gasteiger partial charge >= 0.3 is 0 Å². The molecule has 1 aromatic heterocycles. The first-order chi connectivity index (χ1) is 5.40. The average Bonchev–Trinajstić information content (AvgIpc) is 2.46. The lowest BCUT2D eigenvalue weighted by Gasteiger charge is -1.88. The summed E-state index contributed by atoms with van der Waals surface area (Å²) in [5.41, 5.74) is 1.09. The minimum Gasteiger partial charge on any atom is -0.493 e. The highest BCUT2D eigenvalue weighted by Crippen LogP contribution is 2.35. The predicted molar refractivity (Wildman–Crippen MR) is 50.0 cm³/mol. The van der Waals surface area contributed by atoms with E-state index in [1.165, 1.54) is 10.5 Å². The maximum Gasteiger partial charge on any atom is 0.135 e. The third-order valence-electron chi connectivity index (χ3n) is 1.73. The van der Waals surface area contributed by atoms with Crippen molar-refractivity contribution in [3.05, 3.63) is 30.3 Å². The van der Waals surface area contributed by atoms with E-state index in [0.29, 0.717) is 8.19 Å². The predicted octanol–water partition coefficient (Wildman–Crippen LogP) is 2.88. The second-order valence-electron chi connectivity index (χ2n) is 2.42. The summed E-state index contributed by atoms with van der Waals surface area (Å²) >= 11 is 0. The molecule has 11 heavy (non-hydrogen) atoms. The van der Waals surface area contributed by atoms with Crippen molar-refractivity contribution in [1.82, 2.24) is 0 Å². The molecule has 0 bridgehead atoms. The zero-order valence-corrected chi connectivity index (χ0v) is 7.29. The maximum absolute atomic E-state index is 5.17. The molecular formula is C9H9OP. The van der Waals surface area contributed by atoms with Crippen LogP contribution in [0.1, 0.15) is 0 Å². The van der Waals surface area contributed by atoms with E-state index in [-0.39, 0.29) is 0 Å². The van der Waals surface area contributed by atoms with Crippen molar-refractivity contribution in [3.63, 3.8) is 0 Å². The third kappa shape index (κ3) is 1.12. The Kier molecular flexibility index (Phi) is 1.59. The Morgan fingerprint density at radius 2 is 2.09 bits per heavy atom. The highest BCUT2D eigenvalue weighted by atomic mass is 31.0. The topological polar surface area (TPSA) is 9.23 Å². The minimum absolute atomic E-state index is 0.710. The molecule has 0 fully saturated rings. The Labute approximate surface area is 67.1 Å². The lowest BCUT2D eigenvalue weighted by molar-refractivity contribution is 0.428. The summed E-state index contributed by atoms with van der Waals surface area (Å²) in [6.07, 6.45) is 0. The van der Waals surface area contributed by atoms with Crippen molar-refractivity contribution in [3.8, 4) is 5.48 Å². The number of rotatable bonds is 1. The third-order valence-corrected chi connectivity index (χ3v) is 3.04. The van der Waals surface area contributed by atoms with Crippen LogP contribution >= 0.6 is 8.19 Å². The summed E-state index contributed by atoms with van der Waals surface area (Å²) in [6, 6.07) is 10.5. The van der Waals surface area contributed by atoms with Crippen LogP contribution in [0.25, 0.3) is 10.5 Å². The molecule has 0 aliphatic rings. The summed E-state index contributed by atoms with van der Waals surface area (Å²) in [6.45, 7) is 0. The molecule has 2 heteroatoms. The molecule has 56 valence electrons. The fraction of sp³-hybridized carbons (Fsp3) is 0.111. The molecule has 2 rings (SSSR count). The van der Waals surface area contributed by atoms with Crippen LogP contribution in [0.5, 0.6) is 5.48 Å². The minimum atomic E-state index is 0.710. The second-order valence-corrected chi connectivity index (χ2v) is 3.71. The van der Waals surface area contributed by atoms with Crippen LogP contribution in [0.3, 0.4) is 0 Å². The number of hydrogen-bond donors (Lipinski definition) is 0. The lowest BCUT2D eigenvalue weighted by atomic mass is 10.3. The highest BCUT2D eigenvalue weighted by Gasteiger charge is 1.96. The zero-order chi connectivity index (χ0) is 7.68. The molecule has 1 heterocycles. The van der Waals surface area contributed by atoms with Gasteiger partial charge in [-0.05, 0) is 11.5 Å². The SMILES string of the molecule is COc1cc2ccccc2[pH]1. The Morgan fingerprint density at radius 3 is 2.82 bits per heavy atom. The van der Waals surface area contributed by atoms with Crippen molar-refractivity contribution in [2.24, 2.45) is 0 Å². The number of fused-ring (bicyclic) bond motifs is 1. The molecular weight excluding hydrogens is 155 g/mol. The van der Waals surface area contributed by atoms with Gasteiger partial charge in [-0.25, -0.2) is 0 Å². The summed E-state index contributed by atoms with van der Waals surface area (Å²) in [5, 5.41) is 2.70. The van der Waals surface area contributed by atoms with E-state index in [1.54, 1.807) is 7.11 Å². The van der Waals surface area contributed by atoms with Crippen molar-refractivity contribution >= 4 is 18.7 Å². The van der Waals surface area contributed by atoms with E-state index in [9.17, 15) is 0 Å². The number of methoxy groups -OCH3 is 1. The van der Waals surface area contributed by atoms with Crippen molar-refractivity contribution in [1.29, 1.82) is 0 Å². The van der Waals surface area contributed by atoms with E-state index in [2.05, 4.69) is 30.3 Å². The molecule has 0 amide bonds. The molecule has 0 saturated carbocycles. The quantitative estimate of drug-likeness (QED) is 0.629. The normalized spacial score (nSPS) is 11.0. The van der Waals surface area contributed by atoms with Crippen LogP contribution < -0.4 is 4.74 Å². The molecule has 1 aromatic carbocycles. The summed E-state index contributed by atoms with van der Waals surface area (Å²) in [5.74, 6) is 0. The van der Waals surface area contributed by atoms with E-state index >= 15 is 0 Å². The first-order valence-corrected chi connectivity index (χ1v) is 4.52. The fourth-order valence-electron chi connectivity index (χ4n) is 1.16.